The zero-order valence-corrected chi connectivity index (χ0v) is 16.6. The molecular formula is C20H21N3O3S. The van der Waals surface area contributed by atoms with Crippen LogP contribution in [0.1, 0.15) is 29.2 Å². The standard InChI is InChI=1S/C20H21N3O3S/c1-5-22-17-7-6-15(23(25)26)10-18(17)27-20(22)21-19(24)11-16-13(3)8-12(2)9-14(16)4/h6-10H,5,11H2,1-4H3. The third kappa shape index (κ3) is 3.83. The predicted octanol–water partition coefficient (Wildman–Crippen LogP) is 4.23. The lowest BCUT2D eigenvalue weighted by Crippen LogP contribution is -2.17. The highest BCUT2D eigenvalue weighted by Crippen LogP contribution is 2.23. The molecule has 0 radical (unpaired) electrons. The number of benzene rings is 2. The minimum atomic E-state index is -0.416. The van der Waals surface area contributed by atoms with Gasteiger partial charge in [-0.2, -0.15) is 4.99 Å². The van der Waals surface area contributed by atoms with E-state index in [1.165, 1.54) is 29.0 Å². The Morgan fingerprint density at radius 1 is 1.19 bits per heavy atom. The molecule has 6 nitrogen and oxygen atoms in total. The first-order valence-electron chi connectivity index (χ1n) is 8.72. The molecule has 140 valence electrons. The Kier molecular flexibility index (Phi) is 5.23. The molecule has 0 saturated carbocycles. The SMILES string of the molecule is CCn1c(=NC(=O)Cc2c(C)cc(C)cc2C)sc2cc([N+](=O)[O-])ccc21. The second-order valence-corrected chi connectivity index (χ2v) is 7.61. The Balaban J connectivity index is 2.02. The van der Waals surface area contributed by atoms with E-state index in [-0.39, 0.29) is 18.0 Å². The third-order valence-electron chi connectivity index (χ3n) is 4.58. The Morgan fingerprint density at radius 2 is 1.85 bits per heavy atom. The molecule has 0 saturated heterocycles. The highest BCUT2D eigenvalue weighted by atomic mass is 32.1. The molecule has 0 spiro atoms. The van der Waals surface area contributed by atoms with E-state index in [0.29, 0.717) is 11.3 Å². The van der Waals surface area contributed by atoms with Gasteiger partial charge in [0, 0.05) is 18.7 Å². The van der Waals surface area contributed by atoms with Crippen molar-refractivity contribution in [3.63, 3.8) is 0 Å². The number of nitro groups is 1. The zero-order chi connectivity index (χ0) is 19.7. The molecule has 27 heavy (non-hydrogen) atoms. The van der Waals surface area contributed by atoms with E-state index in [2.05, 4.69) is 17.1 Å². The van der Waals surface area contributed by atoms with Gasteiger partial charge in [0.15, 0.2) is 4.80 Å². The number of non-ortho nitro benzene ring substituents is 1. The van der Waals surface area contributed by atoms with E-state index < -0.39 is 4.92 Å². The van der Waals surface area contributed by atoms with Crippen LogP contribution in [0.15, 0.2) is 35.3 Å². The van der Waals surface area contributed by atoms with Crippen LogP contribution in [0.3, 0.4) is 0 Å². The average molecular weight is 383 g/mol. The quantitative estimate of drug-likeness (QED) is 0.500. The van der Waals surface area contributed by atoms with Gasteiger partial charge in [-0.3, -0.25) is 14.9 Å². The molecule has 7 heteroatoms. The summed E-state index contributed by atoms with van der Waals surface area (Å²) in [5, 5.41) is 11.0. The Hall–Kier alpha value is -2.80. The van der Waals surface area contributed by atoms with Crippen LogP contribution in [-0.2, 0) is 17.8 Å². The molecule has 0 unspecified atom stereocenters. The average Bonchev–Trinajstić information content (AvgIpc) is 2.93. The maximum Gasteiger partial charge on any atom is 0.270 e. The number of nitro benzene ring substituents is 1. The van der Waals surface area contributed by atoms with Gasteiger partial charge >= 0.3 is 0 Å². The summed E-state index contributed by atoms with van der Waals surface area (Å²) in [7, 11) is 0. The van der Waals surface area contributed by atoms with E-state index in [1.807, 2.05) is 32.3 Å². The topological polar surface area (TPSA) is 77.5 Å². The maximum absolute atomic E-state index is 12.6. The van der Waals surface area contributed by atoms with E-state index in [1.54, 1.807) is 6.07 Å². The van der Waals surface area contributed by atoms with Crippen LogP contribution in [-0.4, -0.2) is 15.4 Å². The van der Waals surface area contributed by atoms with Gasteiger partial charge in [-0.15, -0.1) is 0 Å². The van der Waals surface area contributed by atoms with Crippen LogP contribution in [0.5, 0.6) is 0 Å². The van der Waals surface area contributed by atoms with Crippen LogP contribution >= 0.6 is 11.3 Å². The van der Waals surface area contributed by atoms with Gasteiger partial charge in [0.1, 0.15) is 0 Å². The predicted molar refractivity (Wildman–Crippen MR) is 107 cm³/mol. The third-order valence-corrected chi connectivity index (χ3v) is 5.62. The van der Waals surface area contributed by atoms with Crippen molar-refractivity contribution in [1.29, 1.82) is 0 Å². The lowest BCUT2D eigenvalue weighted by molar-refractivity contribution is -0.384. The fourth-order valence-electron chi connectivity index (χ4n) is 3.35. The number of rotatable bonds is 4. The molecule has 0 atom stereocenters. The summed E-state index contributed by atoms with van der Waals surface area (Å²) in [6.45, 7) is 8.65. The Bertz CT molecular complexity index is 1100. The number of aromatic nitrogens is 1. The van der Waals surface area contributed by atoms with Gasteiger partial charge in [0.25, 0.3) is 11.6 Å². The summed E-state index contributed by atoms with van der Waals surface area (Å²) in [5.74, 6) is -0.215. The molecular weight excluding hydrogens is 362 g/mol. The highest BCUT2D eigenvalue weighted by Gasteiger charge is 2.13. The van der Waals surface area contributed by atoms with Gasteiger partial charge in [-0.25, -0.2) is 0 Å². The maximum atomic E-state index is 12.6. The van der Waals surface area contributed by atoms with Crippen LogP contribution in [0.2, 0.25) is 0 Å². The normalized spacial score (nSPS) is 11.9. The van der Waals surface area contributed by atoms with Crippen molar-refractivity contribution in [1.82, 2.24) is 4.57 Å². The number of hydrogen-bond donors (Lipinski definition) is 0. The largest absolute Gasteiger partial charge is 0.317 e. The molecule has 0 aliphatic heterocycles. The number of amides is 1. The summed E-state index contributed by atoms with van der Waals surface area (Å²) >= 11 is 1.30. The molecule has 0 N–H and O–H groups in total. The van der Waals surface area contributed by atoms with E-state index >= 15 is 0 Å². The van der Waals surface area contributed by atoms with Gasteiger partial charge < -0.3 is 4.57 Å². The molecule has 3 aromatic rings. The molecule has 1 heterocycles. The Morgan fingerprint density at radius 3 is 2.44 bits per heavy atom. The molecule has 2 aromatic carbocycles. The first-order chi connectivity index (χ1) is 12.8. The second kappa shape index (κ2) is 7.44. The van der Waals surface area contributed by atoms with Crippen molar-refractivity contribution in [3.8, 4) is 0 Å². The summed E-state index contributed by atoms with van der Waals surface area (Å²) in [5.41, 5.74) is 5.25. The molecule has 0 aliphatic carbocycles. The number of carbonyl (C=O) groups is 1. The molecule has 0 bridgehead atoms. The molecule has 1 amide bonds. The number of hydrogen-bond acceptors (Lipinski definition) is 4. The van der Waals surface area contributed by atoms with Crippen molar-refractivity contribution < 1.29 is 9.72 Å². The summed E-state index contributed by atoms with van der Waals surface area (Å²) in [4.78, 5) is 28.1. The summed E-state index contributed by atoms with van der Waals surface area (Å²) < 4.78 is 2.66. The lowest BCUT2D eigenvalue weighted by atomic mass is 9.97. The second-order valence-electron chi connectivity index (χ2n) is 6.60. The van der Waals surface area contributed by atoms with Gasteiger partial charge in [0.05, 0.1) is 21.6 Å². The minimum absolute atomic E-state index is 0.0378. The molecule has 0 fully saturated rings. The van der Waals surface area contributed by atoms with Crippen molar-refractivity contribution in [2.45, 2.75) is 40.7 Å². The fourth-order valence-corrected chi connectivity index (χ4v) is 4.50. The minimum Gasteiger partial charge on any atom is -0.317 e. The summed E-state index contributed by atoms with van der Waals surface area (Å²) in [6, 6.07) is 8.86. The smallest absolute Gasteiger partial charge is 0.270 e. The van der Waals surface area contributed by atoms with Crippen molar-refractivity contribution in [2.75, 3.05) is 0 Å². The van der Waals surface area contributed by atoms with E-state index in [0.717, 1.165) is 26.9 Å². The van der Waals surface area contributed by atoms with Crippen LogP contribution in [0.25, 0.3) is 10.2 Å². The van der Waals surface area contributed by atoms with Crippen molar-refractivity contribution in [2.24, 2.45) is 4.99 Å². The zero-order valence-electron chi connectivity index (χ0n) is 15.8. The first kappa shape index (κ1) is 19.0. The van der Waals surface area contributed by atoms with Gasteiger partial charge in [0.2, 0.25) is 0 Å². The fraction of sp³-hybridized carbons (Fsp3) is 0.300. The van der Waals surface area contributed by atoms with E-state index in [4.69, 9.17) is 0 Å². The molecule has 1 aromatic heterocycles. The van der Waals surface area contributed by atoms with Crippen LogP contribution < -0.4 is 4.80 Å². The summed E-state index contributed by atoms with van der Waals surface area (Å²) in [6.07, 6.45) is 0.246. The molecule has 3 rings (SSSR count). The van der Waals surface area contributed by atoms with E-state index in [9.17, 15) is 14.9 Å². The van der Waals surface area contributed by atoms with Crippen LogP contribution in [0, 0.1) is 30.9 Å². The van der Waals surface area contributed by atoms with Crippen molar-refractivity contribution in [3.05, 3.63) is 67.5 Å². The van der Waals surface area contributed by atoms with Gasteiger partial charge in [-0.1, -0.05) is 29.0 Å². The van der Waals surface area contributed by atoms with Gasteiger partial charge in [-0.05, 0) is 50.5 Å². The first-order valence-corrected chi connectivity index (χ1v) is 9.54. The highest BCUT2D eigenvalue weighted by molar-refractivity contribution is 7.16. The number of aryl methyl sites for hydroxylation is 4. The molecule has 0 aliphatic rings. The van der Waals surface area contributed by atoms with Crippen LogP contribution in [0.4, 0.5) is 5.69 Å². The Labute approximate surface area is 161 Å². The number of fused-ring (bicyclic) bond motifs is 1. The number of carbonyl (C=O) groups excluding carboxylic acids is 1. The van der Waals surface area contributed by atoms with Crippen molar-refractivity contribution >= 4 is 33.1 Å². The monoisotopic (exact) mass is 383 g/mol. The number of nitrogens with zero attached hydrogens (tertiary/aromatic N) is 3. The lowest BCUT2D eigenvalue weighted by Gasteiger charge is -2.09. The number of thiazole rings is 1.